The summed E-state index contributed by atoms with van der Waals surface area (Å²) in [5, 5.41) is 20.9. The van der Waals surface area contributed by atoms with Crippen LogP contribution < -0.4 is 0 Å². The zero-order valence-electron chi connectivity index (χ0n) is 12.7. The smallest absolute Gasteiger partial charge is 0.125 e. The van der Waals surface area contributed by atoms with E-state index < -0.39 is 0 Å². The van der Waals surface area contributed by atoms with Crippen LogP contribution in [0.5, 0.6) is 11.5 Å². The van der Waals surface area contributed by atoms with Gasteiger partial charge in [0, 0.05) is 28.5 Å². The summed E-state index contributed by atoms with van der Waals surface area (Å²) in [6, 6.07) is 2.04. The van der Waals surface area contributed by atoms with Gasteiger partial charge in [-0.05, 0) is 51.5 Å². The molecule has 0 radical (unpaired) electrons. The van der Waals surface area contributed by atoms with Gasteiger partial charge in [-0.25, -0.2) is 0 Å². The maximum Gasteiger partial charge on any atom is 0.125 e. The molecule has 1 aromatic carbocycles. The molecular weight excluding hydrogens is 260 g/mol. The fraction of sp³-hybridized carbons (Fsp3) is 0.474. The summed E-state index contributed by atoms with van der Waals surface area (Å²) in [4.78, 5) is 0. The maximum absolute atomic E-state index is 10.4. The summed E-state index contributed by atoms with van der Waals surface area (Å²) in [5.41, 5.74) is 2.59. The second-order valence-electron chi connectivity index (χ2n) is 6.31. The lowest BCUT2D eigenvalue weighted by molar-refractivity contribution is 0.427. The first-order valence-electron chi connectivity index (χ1n) is 8.07. The van der Waals surface area contributed by atoms with Crippen molar-refractivity contribution >= 4 is 0 Å². The molecule has 0 spiro atoms. The summed E-state index contributed by atoms with van der Waals surface area (Å²) >= 11 is 0. The van der Waals surface area contributed by atoms with E-state index in [-0.39, 0.29) is 23.3 Å². The van der Waals surface area contributed by atoms with Crippen LogP contribution in [-0.2, 0) is 0 Å². The minimum absolute atomic E-state index is 0.271. The van der Waals surface area contributed by atoms with Crippen LogP contribution in [0, 0.1) is 6.92 Å². The predicted octanol–water partition coefficient (Wildman–Crippen LogP) is 5.05. The van der Waals surface area contributed by atoms with Crippen molar-refractivity contribution in [1.29, 1.82) is 0 Å². The van der Waals surface area contributed by atoms with E-state index in [1.54, 1.807) is 0 Å². The van der Waals surface area contributed by atoms with Crippen LogP contribution in [0.3, 0.4) is 0 Å². The summed E-state index contributed by atoms with van der Waals surface area (Å²) < 4.78 is 0. The van der Waals surface area contributed by atoms with Crippen LogP contribution in [-0.4, -0.2) is 10.2 Å². The summed E-state index contributed by atoms with van der Waals surface area (Å²) in [6.45, 7) is 1.82. The van der Waals surface area contributed by atoms with E-state index >= 15 is 0 Å². The Labute approximate surface area is 126 Å². The van der Waals surface area contributed by atoms with Crippen molar-refractivity contribution in [3.05, 3.63) is 47.1 Å². The molecule has 0 bridgehead atoms. The number of aromatic hydroxyl groups is 2. The molecule has 0 fully saturated rings. The highest BCUT2D eigenvalue weighted by molar-refractivity contribution is 5.56. The third-order valence-corrected chi connectivity index (χ3v) is 4.88. The van der Waals surface area contributed by atoms with Gasteiger partial charge in [0.1, 0.15) is 11.5 Å². The zero-order chi connectivity index (χ0) is 14.8. The molecule has 2 N–H and O–H groups in total. The molecule has 21 heavy (non-hydrogen) atoms. The highest BCUT2D eigenvalue weighted by atomic mass is 16.3. The van der Waals surface area contributed by atoms with Crippen molar-refractivity contribution in [2.24, 2.45) is 0 Å². The Hall–Kier alpha value is -1.70. The molecule has 0 amide bonds. The first-order valence-corrected chi connectivity index (χ1v) is 8.07. The van der Waals surface area contributed by atoms with Crippen LogP contribution in [0.1, 0.15) is 67.1 Å². The number of phenols is 2. The summed E-state index contributed by atoms with van der Waals surface area (Å²) in [7, 11) is 0. The van der Waals surface area contributed by atoms with E-state index in [0.717, 1.165) is 36.8 Å². The fourth-order valence-corrected chi connectivity index (χ4v) is 3.56. The summed E-state index contributed by atoms with van der Waals surface area (Å²) in [5.74, 6) is 1.11. The Morgan fingerprint density at radius 1 is 0.857 bits per heavy atom. The second kappa shape index (κ2) is 5.97. The third kappa shape index (κ3) is 2.72. The van der Waals surface area contributed by atoms with Gasteiger partial charge in [-0.15, -0.1) is 0 Å². The molecule has 2 unspecified atom stereocenters. The van der Waals surface area contributed by atoms with Crippen molar-refractivity contribution in [2.45, 2.75) is 57.3 Å². The molecule has 0 aromatic heterocycles. The Morgan fingerprint density at radius 3 is 1.71 bits per heavy atom. The van der Waals surface area contributed by atoms with Crippen molar-refractivity contribution in [3.63, 3.8) is 0 Å². The van der Waals surface area contributed by atoms with Crippen molar-refractivity contribution in [2.75, 3.05) is 0 Å². The maximum atomic E-state index is 10.4. The summed E-state index contributed by atoms with van der Waals surface area (Å²) in [6.07, 6.45) is 15.6. The SMILES string of the molecule is Cc1c(O)c(C2C=CCCC2)cc(C2C=CCCC2)c1O. The van der Waals surface area contributed by atoms with E-state index in [2.05, 4.69) is 24.3 Å². The van der Waals surface area contributed by atoms with Crippen molar-refractivity contribution in [3.8, 4) is 11.5 Å². The monoisotopic (exact) mass is 284 g/mol. The van der Waals surface area contributed by atoms with Gasteiger partial charge in [-0.3, -0.25) is 0 Å². The molecule has 2 aliphatic rings. The number of allylic oxidation sites excluding steroid dienone is 4. The lowest BCUT2D eigenvalue weighted by Gasteiger charge is -2.24. The van der Waals surface area contributed by atoms with E-state index in [0.29, 0.717) is 5.56 Å². The average Bonchev–Trinajstić information content (AvgIpc) is 2.55. The van der Waals surface area contributed by atoms with Crippen LogP contribution in [0.4, 0.5) is 0 Å². The van der Waals surface area contributed by atoms with Gasteiger partial charge >= 0.3 is 0 Å². The lowest BCUT2D eigenvalue weighted by atomic mass is 9.82. The average molecular weight is 284 g/mol. The molecule has 112 valence electrons. The van der Waals surface area contributed by atoms with Crippen LogP contribution in [0.25, 0.3) is 0 Å². The number of benzene rings is 1. The quantitative estimate of drug-likeness (QED) is 0.746. The molecule has 0 heterocycles. The molecule has 0 saturated heterocycles. The van der Waals surface area contributed by atoms with Gasteiger partial charge in [-0.2, -0.15) is 0 Å². The van der Waals surface area contributed by atoms with Gasteiger partial charge in [0.25, 0.3) is 0 Å². The number of hydrogen-bond acceptors (Lipinski definition) is 2. The molecule has 0 saturated carbocycles. The Morgan fingerprint density at radius 2 is 1.33 bits per heavy atom. The molecule has 2 nitrogen and oxygen atoms in total. The first-order chi connectivity index (χ1) is 10.2. The number of rotatable bonds is 2. The van der Waals surface area contributed by atoms with Crippen LogP contribution in [0.15, 0.2) is 30.4 Å². The molecule has 2 aliphatic carbocycles. The Bertz CT molecular complexity index is 535. The highest BCUT2D eigenvalue weighted by Crippen LogP contribution is 2.44. The normalized spacial score (nSPS) is 25.2. The van der Waals surface area contributed by atoms with Gasteiger partial charge in [-0.1, -0.05) is 24.3 Å². The van der Waals surface area contributed by atoms with E-state index in [1.165, 1.54) is 12.8 Å². The Kier molecular flexibility index (Phi) is 4.05. The van der Waals surface area contributed by atoms with E-state index in [4.69, 9.17) is 0 Å². The zero-order valence-corrected chi connectivity index (χ0v) is 12.7. The molecule has 2 atom stereocenters. The van der Waals surface area contributed by atoms with E-state index in [9.17, 15) is 10.2 Å². The van der Waals surface area contributed by atoms with Gasteiger partial charge in [0.15, 0.2) is 0 Å². The van der Waals surface area contributed by atoms with Crippen molar-refractivity contribution < 1.29 is 10.2 Å². The molecular formula is C19H24O2. The van der Waals surface area contributed by atoms with Crippen molar-refractivity contribution in [1.82, 2.24) is 0 Å². The molecule has 3 rings (SSSR count). The minimum atomic E-state index is 0.271. The predicted molar refractivity (Wildman–Crippen MR) is 86.0 cm³/mol. The highest BCUT2D eigenvalue weighted by Gasteiger charge is 2.23. The van der Waals surface area contributed by atoms with Crippen LogP contribution >= 0.6 is 0 Å². The van der Waals surface area contributed by atoms with Gasteiger partial charge in [0.2, 0.25) is 0 Å². The molecule has 0 aliphatic heterocycles. The lowest BCUT2D eigenvalue weighted by Crippen LogP contribution is -2.06. The topological polar surface area (TPSA) is 40.5 Å². The molecule has 2 heteroatoms. The van der Waals surface area contributed by atoms with Gasteiger partial charge < -0.3 is 10.2 Å². The largest absolute Gasteiger partial charge is 0.507 e. The standard InChI is InChI=1S/C19H24O2/c1-13-18(20)16(14-8-4-2-5-9-14)12-17(19(13)21)15-10-6-3-7-11-15/h4,6,8,10,12,14-15,20-21H,2-3,5,7,9,11H2,1H3. The number of hydrogen-bond donors (Lipinski definition) is 2. The minimum Gasteiger partial charge on any atom is -0.507 e. The number of phenolic OH excluding ortho intramolecular Hbond substituents is 2. The Balaban J connectivity index is 2.06. The van der Waals surface area contributed by atoms with Crippen LogP contribution in [0.2, 0.25) is 0 Å². The first kappa shape index (κ1) is 14.2. The third-order valence-electron chi connectivity index (χ3n) is 4.88. The molecule has 1 aromatic rings. The van der Waals surface area contributed by atoms with Gasteiger partial charge in [0.05, 0.1) is 0 Å². The van der Waals surface area contributed by atoms with E-state index in [1.807, 2.05) is 13.0 Å². The fourth-order valence-electron chi connectivity index (χ4n) is 3.56. The second-order valence-corrected chi connectivity index (χ2v) is 6.31.